The van der Waals surface area contributed by atoms with Gasteiger partial charge in [-0.25, -0.2) is 0 Å². The first kappa shape index (κ1) is 10.3. The third-order valence-corrected chi connectivity index (χ3v) is 3.06. The average Bonchev–Trinajstić information content (AvgIpc) is 2.90. The summed E-state index contributed by atoms with van der Waals surface area (Å²) in [5.74, 6) is 0.536. The molecular formula is C12H18N2O. The lowest BCUT2D eigenvalue weighted by Gasteiger charge is -2.10. The van der Waals surface area contributed by atoms with Crippen LogP contribution >= 0.6 is 0 Å². The van der Waals surface area contributed by atoms with Crippen LogP contribution < -0.4 is 5.32 Å². The van der Waals surface area contributed by atoms with Gasteiger partial charge in [-0.05, 0) is 25.0 Å². The Hall–Kier alpha value is -1.25. The monoisotopic (exact) mass is 206 g/mol. The number of aromatic nitrogens is 1. The summed E-state index contributed by atoms with van der Waals surface area (Å²) in [7, 11) is 0. The summed E-state index contributed by atoms with van der Waals surface area (Å²) in [5.41, 5.74) is 0. The molecule has 1 aliphatic rings. The van der Waals surface area contributed by atoms with Gasteiger partial charge in [0.15, 0.2) is 0 Å². The highest BCUT2D eigenvalue weighted by molar-refractivity contribution is 5.78. The number of nitrogens with one attached hydrogen (secondary N) is 1. The summed E-state index contributed by atoms with van der Waals surface area (Å²) in [6.45, 7) is 1.61. The van der Waals surface area contributed by atoms with Crippen molar-refractivity contribution >= 4 is 5.91 Å². The molecule has 15 heavy (non-hydrogen) atoms. The van der Waals surface area contributed by atoms with Gasteiger partial charge >= 0.3 is 0 Å². The van der Waals surface area contributed by atoms with Crippen LogP contribution in [0.4, 0.5) is 0 Å². The van der Waals surface area contributed by atoms with Crippen molar-refractivity contribution in [3.63, 3.8) is 0 Å². The van der Waals surface area contributed by atoms with Gasteiger partial charge in [0.05, 0.1) is 0 Å². The molecule has 1 amide bonds. The maximum atomic E-state index is 11.7. The lowest BCUT2D eigenvalue weighted by atomic mass is 10.1. The molecule has 82 valence electrons. The fourth-order valence-corrected chi connectivity index (χ4v) is 2.16. The van der Waals surface area contributed by atoms with Crippen molar-refractivity contribution in [2.24, 2.45) is 5.92 Å². The zero-order chi connectivity index (χ0) is 10.5. The topological polar surface area (TPSA) is 34.0 Å². The molecule has 1 aromatic heterocycles. The van der Waals surface area contributed by atoms with Crippen LogP contribution in [0.1, 0.15) is 25.7 Å². The second-order valence-electron chi connectivity index (χ2n) is 4.19. The van der Waals surface area contributed by atoms with E-state index in [1.165, 1.54) is 12.8 Å². The Morgan fingerprint density at radius 1 is 1.27 bits per heavy atom. The summed E-state index contributed by atoms with van der Waals surface area (Å²) >= 11 is 0. The van der Waals surface area contributed by atoms with E-state index in [9.17, 15) is 4.79 Å². The highest BCUT2D eigenvalue weighted by Crippen LogP contribution is 2.24. The average molecular weight is 206 g/mol. The van der Waals surface area contributed by atoms with Gasteiger partial charge in [-0.1, -0.05) is 12.8 Å². The van der Waals surface area contributed by atoms with E-state index in [1.54, 1.807) is 0 Å². The van der Waals surface area contributed by atoms with E-state index in [1.807, 2.05) is 24.5 Å². The van der Waals surface area contributed by atoms with Gasteiger partial charge in [-0.15, -0.1) is 0 Å². The quantitative estimate of drug-likeness (QED) is 0.800. The largest absolute Gasteiger partial charge is 0.354 e. The number of hydrogen-bond acceptors (Lipinski definition) is 1. The molecule has 0 spiro atoms. The van der Waals surface area contributed by atoms with Gasteiger partial charge < -0.3 is 9.88 Å². The summed E-state index contributed by atoms with van der Waals surface area (Å²) in [5, 5.41) is 3.00. The van der Waals surface area contributed by atoms with E-state index in [2.05, 4.69) is 9.88 Å². The van der Waals surface area contributed by atoms with Crippen LogP contribution in [-0.4, -0.2) is 17.0 Å². The predicted octanol–water partition coefficient (Wildman–Crippen LogP) is 1.79. The molecule has 0 radical (unpaired) electrons. The van der Waals surface area contributed by atoms with Crippen molar-refractivity contribution < 1.29 is 4.79 Å². The van der Waals surface area contributed by atoms with Crippen LogP contribution in [0, 0.1) is 5.92 Å². The summed E-state index contributed by atoms with van der Waals surface area (Å²) in [6.07, 6.45) is 8.62. The molecular weight excluding hydrogens is 188 g/mol. The lowest BCUT2D eigenvalue weighted by Crippen LogP contribution is -2.31. The summed E-state index contributed by atoms with van der Waals surface area (Å²) in [4.78, 5) is 11.7. The maximum Gasteiger partial charge on any atom is 0.223 e. The zero-order valence-corrected chi connectivity index (χ0v) is 8.98. The first-order chi connectivity index (χ1) is 7.36. The van der Waals surface area contributed by atoms with Gasteiger partial charge in [-0.3, -0.25) is 4.79 Å². The lowest BCUT2D eigenvalue weighted by molar-refractivity contribution is -0.124. The normalized spacial score (nSPS) is 16.8. The van der Waals surface area contributed by atoms with Gasteiger partial charge in [0.2, 0.25) is 5.91 Å². The predicted molar refractivity (Wildman–Crippen MR) is 59.4 cm³/mol. The number of amides is 1. The molecule has 3 heteroatoms. The second-order valence-corrected chi connectivity index (χ2v) is 4.19. The minimum absolute atomic E-state index is 0.250. The standard InChI is InChI=1S/C12H18N2O/c15-12(11-5-1-2-6-11)13-7-10-14-8-3-4-9-14/h3-4,8-9,11H,1-2,5-7,10H2,(H,13,15). The Kier molecular flexibility index (Phi) is 3.43. The van der Waals surface area contributed by atoms with Gasteiger partial charge in [0.25, 0.3) is 0 Å². The molecule has 2 rings (SSSR count). The molecule has 0 unspecified atom stereocenters. The molecule has 1 saturated carbocycles. The van der Waals surface area contributed by atoms with Crippen LogP contribution in [0.5, 0.6) is 0 Å². The minimum Gasteiger partial charge on any atom is -0.354 e. The Bertz CT molecular complexity index is 299. The van der Waals surface area contributed by atoms with Crippen molar-refractivity contribution in [3.8, 4) is 0 Å². The Morgan fingerprint density at radius 2 is 1.93 bits per heavy atom. The fraction of sp³-hybridized carbons (Fsp3) is 0.583. The van der Waals surface area contributed by atoms with Crippen LogP contribution in [0.2, 0.25) is 0 Å². The van der Waals surface area contributed by atoms with E-state index in [0.717, 1.165) is 25.9 Å². The summed E-state index contributed by atoms with van der Waals surface area (Å²) in [6, 6.07) is 4.00. The number of nitrogens with zero attached hydrogens (tertiary/aromatic N) is 1. The SMILES string of the molecule is O=C(NCCn1cccc1)C1CCCC1. The number of rotatable bonds is 4. The Labute approximate surface area is 90.5 Å². The molecule has 0 bridgehead atoms. The number of hydrogen-bond donors (Lipinski definition) is 1. The van der Waals surface area contributed by atoms with E-state index in [-0.39, 0.29) is 11.8 Å². The number of carbonyl (C=O) groups excluding carboxylic acids is 1. The van der Waals surface area contributed by atoms with Crippen molar-refractivity contribution in [2.75, 3.05) is 6.54 Å². The second kappa shape index (κ2) is 5.01. The van der Waals surface area contributed by atoms with Gasteiger partial charge in [0, 0.05) is 31.4 Å². The first-order valence-corrected chi connectivity index (χ1v) is 5.75. The van der Waals surface area contributed by atoms with E-state index < -0.39 is 0 Å². The molecule has 0 aromatic carbocycles. The van der Waals surface area contributed by atoms with E-state index in [0.29, 0.717) is 0 Å². The molecule has 1 aromatic rings. The smallest absolute Gasteiger partial charge is 0.223 e. The molecule has 0 aliphatic heterocycles. The van der Waals surface area contributed by atoms with E-state index >= 15 is 0 Å². The fourth-order valence-electron chi connectivity index (χ4n) is 2.16. The molecule has 1 heterocycles. The van der Waals surface area contributed by atoms with Crippen LogP contribution in [0.25, 0.3) is 0 Å². The maximum absolute atomic E-state index is 11.7. The van der Waals surface area contributed by atoms with Crippen LogP contribution in [-0.2, 0) is 11.3 Å². The molecule has 0 saturated heterocycles. The molecule has 1 N–H and O–H groups in total. The third-order valence-electron chi connectivity index (χ3n) is 3.06. The van der Waals surface area contributed by atoms with Crippen LogP contribution in [0.15, 0.2) is 24.5 Å². The van der Waals surface area contributed by atoms with Crippen molar-refractivity contribution in [2.45, 2.75) is 32.2 Å². The van der Waals surface area contributed by atoms with Crippen molar-refractivity contribution in [3.05, 3.63) is 24.5 Å². The number of carbonyl (C=O) groups is 1. The van der Waals surface area contributed by atoms with Gasteiger partial charge in [-0.2, -0.15) is 0 Å². The first-order valence-electron chi connectivity index (χ1n) is 5.75. The van der Waals surface area contributed by atoms with Crippen molar-refractivity contribution in [1.82, 2.24) is 9.88 Å². The molecule has 0 atom stereocenters. The molecule has 3 nitrogen and oxygen atoms in total. The van der Waals surface area contributed by atoms with Gasteiger partial charge in [0.1, 0.15) is 0 Å². The molecule has 1 fully saturated rings. The van der Waals surface area contributed by atoms with Crippen LogP contribution in [0.3, 0.4) is 0 Å². The third kappa shape index (κ3) is 2.85. The Balaban J connectivity index is 1.67. The Morgan fingerprint density at radius 3 is 2.60 bits per heavy atom. The minimum atomic E-state index is 0.250. The summed E-state index contributed by atoms with van der Waals surface area (Å²) < 4.78 is 2.08. The highest BCUT2D eigenvalue weighted by Gasteiger charge is 2.21. The zero-order valence-electron chi connectivity index (χ0n) is 8.98. The van der Waals surface area contributed by atoms with E-state index in [4.69, 9.17) is 0 Å². The van der Waals surface area contributed by atoms with Crippen molar-refractivity contribution in [1.29, 1.82) is 0 Å². The molecule has 1 aliphatic carbocycles. The highest BCUT2D eigenvalue weighted by atomic mass is 16.1.